The molecule has 0 atom stereocenters. The number of cyclic esters (lactones) is 1. The number of carbonyl (C=O) groups excluding carboxylic acids is 1. The van der Waals surface area contributed by atoms with E-state index in [2.05, 4.69) is 4.90 Å². The Labute approximate surface area is 156 Å². The number of aromatic carboxylic acids is 1. The van der Waals surface area contributed by atoms with Gasteiger partial charge < -0.3 is 20.5 Å². The Morgan fingerprint density at radius 1 is 1.11 bits per heavy atom. The minimum absolute atomic E-state index is 0.0646. The lowest BCUT2D eigenvalue weighted by molar-refractivity contribution is 0.0697. The number of anilines is 3. The van der Waals surface area contributed by atoms with Crippen molar-refractivity contribution in [2.75, 3.05) is 28.6 Å². The van der Waals surface area contributed by atoms with Gasteiger partial charge in [0.1, 0.15) is 6.61 Å². The van der Waals surface area contributed by atoms with Crippen molar-refractivity contribution in [3.63, 3.8) is 0 Å². The molecule has 7 nitrogen and oxygen atoms in total. The summed E-state index contributed by atoms with van der Waals surface area (Å²) in [5.74, 6) is -0.991. The molecule has 27 heavy (non-hydrogen) atoms. The molecule has 2 aromatic rings. The summed E-state index contributed by atoms with van der Waals surface area (Å²) in [7, 11) is 0. The third kappa shape index (κ3) is 3.16. The molecule has 2 aliphatic rings. The molecule has 4 rings (SSSR count). The van der Waals surface area contributed by atoms with Crippen LogP contribution in [0.5, 0.6) is 0 Å². The third-order valence-corrected chi connectivity index (χ3v) is 5.24. The number of para-hydroxylation sites is 1. The largest absolute Gasteiger partial charge is 0.478 e. The summed E-state index contributed by atoms with van der Waals surface area (Å²) in [5.41, 5.74) is 9.48. The van der Waals surface area contributed by atoms with Crippen molar-refractivity contribution < 1.29 is 19.4 Å². The Morgan fingerprint density at radius 2 is 1.85 bits per heavy atom. The summed E-state index contributed by atoms with van der Waals surface area (Å²) in [6.07, 6.45) is 1.27. The van der Waals surface area contributed by atoms with Gasteiger partial charge in [-0.25, -0.2) is 9.59 Å². The van der Waals surface area contributed by atoms with Crippen LogP contribution in [0.1, 0.15) is 28.8 Å². The van der Waals surface area contributed by atoms with E-state index in [1.165, 1.54) is 6.07 Å². The second kappa shape index (κ2) is 6.83. The number of benzene rings is 2. The Balaban J connectivity index is 1.50. The lowest BCUT2D eigenvalue weighted by Gasteiger charge is -2.41. The number of nitrogens with zero attached hydrogens (tertiary/aromatic N) is 2. The maximum Gasteiger partial charge on any atom is 0.414 e. The average Bonchev–Trinajstić information content (AvgIpc) is 2.68. The number of fused-ring (bicyclic) bond motifs is 1. The molecular weight excluding hydrogens is 346 g/mol. The minimum Gasteiger partial charge on any atom is -0.478 e. The van der Waals surface area contributed by atoms with Gasteiger partial charge in [0.05, 0.1) is 22.6 Å². The number of hydrogen-bond donors (Lipinski definition) is 2. The summed E-state index contributed by atoms with van der Waals surface area (Å²) in [6.45, 7) is 1.78. The minimum atomic E-state index is -0.991. The number of nitrogen functional groups attached to an aromatic ring is 1. The van der Waals surface area contributed by atoms with Gasteiger partial charge in [0.2, 0.25) is 0 Å². The monoisotopic (exact) mass is 367 g/mol. The van der Waals surface area contributed by atoms with Crippen LogP contribution in [0, 0.1) is 0 Å². The molecule has 2 aliphatic heterocycles. The van der Waals surface area contributed by atoms with Crippen molar-refractivity contribution in [3.8, 4) is 0 Å². The van der Waals surface area contributed by atoms with Gasteiger partial charge in [0.25, 0.3) is 0 Å². The number of carbonyl (C=O) groups is 2. The molecule has 140 valence electrons. The number of carboxylic acids is 1. The van der Waals surface area contributed by atoms with E-state index in [1.807, 2.05) is 24.3 Å². The fraction of sp³-hybridized carbons (Fsp3) is 0.300. The number of carboxylic acid groups (broad SMARTS) is 1. The lowest BCUT2D eigenvalue weighted by atomic mass is 10.00. The van der Waals surface area contributed by atoms with Gasteiger partial charge in [-0.3, -0.25) is 4.90 Å². The highest BCUT2D eigenvalue weighted by molar-refractivity contribution is 5.91. The van der Waals surface area contributed by atoms with Crippen LogP contribution in [0.3, 0.4) is 0 Å². The first-order valence-electron chi connectivity index (χ1n) is 8.96. The van der Waals surface area contributed by atoms with Crippen molar-refractivity contribution in [3.05, 3.63) is 53.6 Å². The quantitative estimate of drug-likeness (QED) is 0.810. The van der Waals surface area contributed by atoms with E-state index in [9.17, 15) is 9.59 Å². The van der Waals surface area contributed by atoms with Crippen LogP contribution in [-0.2, 0) is 11.3 Å². The van der Waals surface area contributed by atoms with Crippen molar-refractivity contribution in [2.45, 2.75) is 25.5 Å². The number of ether oxygens (including phenoxy) is 1. The third-order valence-electron chi connectivity index (χ3n) is 5.24. The number of rotatable bonds is 3. The zero-order valence-electron chi connectivity index (χ0n) is 14.8. The second-order valence-corrected chi connectivity index (χ2v) is 6.85. The number of nitrogens with two attached hydrogens (primary N) is 1. The molecule has 0 bridgehead atoms. The van der Waals surface area contributed by atoms with Gasteiger partial charge in [0.15, 0.2) is 0 Å². The molecule has 0 spiro atoms. The average molecular weight is 367 g/mol. The SMILES string of the molecule is Nc1cc(C(=O)O)ccc1N1CCC(N2C(=O)OCc3ccccc32)CC1. The summed E-state index contributed by atoms with van der Waals surface area (Å²) < 4.78 is 5.33. The highest BCUT2D eigenvalue weighted by atomic mass is 16.6. The zero-order valence-corrected chi connectivity index (χ0v) is 14.8. The number of hydrogen-bond acceptors (Lipinski definition) is 5. The summed E-state index contributed by atoms with van der Waals surface area (Å²) in [5, 5.41) is 9.08. The number of piperidine rings is 1. The molecule has 0 aromatic heterocycles. The molecule has 2 aromatic carbocycles. The maximum absolute atomic E-state index is 12.4. The lowest BCUT2D eigenvalue weighted by Crippen LogP contribution is -2.49. The smallest absolute Gasteiger partial charge is 0.414 e. The standard InChI is InChI=1S/C20H21N3O4/c21-16-11-13(19(24)25)5-6-18(16)22-9-7-15(8-10-22)23-17-4-2-1-3-14(17)12-27-20(23)26/h1-6,11,15H,7-10,12,21H2,(H,24,25). The topological polar surface area (TPSA) is 96.1 Å². The molecule has 7 heteroatoms. The van der Waals surface area contributed by atoms with E-state index in [4.69, 9.17) is 15.6 Å². The maximum atomic E-state index is 12.4. The highest BCUT2D eigenvalue weighted by Gasteiger charge is 2.34. The Hall–Kier alpha value is -3.22. The van der Waals surface area contributed by atoms with E-state index >= 15 is 0 Å². The first kappa shape index (κ1) is 17.2. The fourth-order valence-corrected chi connectivity index (χ4v) is 3.86. The van der Waals surface area contributed by atoms with Gasteiger partial charge in [-0.2, -0.15) is 0 Å². The molecule has 1 amide bonds. The molecule has 0 unspecified atom stereocenters. The Morgan fingerprint density at radius 3 is 2.56 bits per heavy atom. The van der Waals surface area contributed by atoms with Crippen LogP contribution in [0.25, 0.3) is 0 Å². The molecule has 0 aliphatic carbocycles. The normalized spacial score (nSPS) is 17.4. The fourth-order valence-electron chi connectivity index (χ4n) is 3.86. The van der Waals surface area contributed by atoms with E-state index in [0.717, 1.165) is 42.9 Å². The molecule has 3 N–H and O–H groups in total. The Kier molecular flexibility index (Phi) is 4.35. The zero-order chi connectivity index (χ0) is 19.0. The summed E-state index contributed by atoms with van der Waals surface area (Å²) >= 11 is 0. The van der Waals surface area contributed by atoms with Gasteiger partial charge in [-0.1, -0.05) is 18.2 Å². The first-order chi connectivity index (χ1) is 13.0. The van der Waals surface area contributed by atoms with Crippen LogP contribution in [-0.4, -0.2) is 36.3 Å². The van der Waals surface area contributed by atoms with Gasteiger partial charge in [-0.15, -0.1) is 0 Å². The van der Waals surface area contributed by atoms with E-state index in [1.54, 1.807) is 17.0 Å². The predicted molar refractivity (Wildman–Crippen MR) is 102 cm³/mol. The number of amides is 1. The van der Waals surface area contributed by atoms with Gasteiger partial charge >= 0.3 is 12.1 Å². The van der Waals surface area contributed by atoms with Crippen molar-refractivity contribution >= 4 is 29.1 Å². The van der Waals surface area contributed by atoms with Crippen LogP contribution >= 0.6 is 0 Å². The highest BCUT2D eigenvalue weighted by Crippen LogP contribution is 2.34. The van der Waals surface area contributed by atoms with Crippen LogP contribution in [0.4, 0.5) is 21.9 Å². The van der Waals surface area contributed by atoms with E-state index < -0.39 is 5.97 Å². The molecule has 2 heterocycles. The predicted octanol–water partition coefficient (Wildman–Crippen LogP) is 3.09. The van der Waals surface area contributed by atoms with Gasteiger partial charge in [0, 0.05) is 24.7 Å². The van der Waals surface area contributed by atoms with Crippen molar-refractivity contribution in [1.29, 1.82) is 0 Å². The molecule has 0 radical (unpaired) electrons. The second-order valence-electron chi connectivity index (χ2n) is 6.85. The van der Waals surface area contributed by atoms with Crippen molar-refractivity contribution in [1.82, 2.24) is 0 Å². The molecule has 1 fully saturated rings. The molecule has 1 saturated heterocycles. The van der Waals surface area contributed by atoms with Crippen molar-refractivity contribution in [2.24, 2.45) is 0 Å². The first-order valence-corrected chi connectivity index (χ1v) is 8.96. The van der Waals surface area contributed by atoms with E-state index in [-0.39, 0.29) is 17.7 Å². The van der Waals surface area contributed by atoms with E-state index in [0.29, 0.717) is 12.3 Å². The van der Waals surface area contributed by atoms with Crippen LogP contribution in [0.2, 0.25) is 0 Å². The van der Waals surface area contributed by atoms with Crippen LogP contribution in [0.15, 0.2) is 42.5 Å². The summed E-state index contributed by atoms with van der Waals surface area (Å²) in [4.78, 5) is 27.4. The summed E-state index contributed by atoms with van der Waals surface area (Å²) in [6, 6.07) is 12.7. The van der Waals surface area contributed by atoms with Crippen LogP contribution < -0.4 is 15.5 Å². The Bertz CT molecular complexity index is 891. The molecular formula is C20H21N3O4. The van der Waals surface area contributed by atoms with Gasteiger partial charge in [-0.05, 0) is 37.1 Å². The molecule has 0 saturated carbocycles.